The van der Waals surface area contributed by atoms with Gasteiger partial charge in [-0.15, -0.1) is 15.3 Å². The Kier molecular flexibility index (Phi) is 2.72. The molecule has 0 aliphatic heterocycles. The summed E-state index contributed by atoms with van der Waals surface area (Å²) < 4.78 is 0. The largest absolute Gasteiger partial charge is 0.158 e. The molecule has 2 heterocycles. The summed E-state index contributed by atoms with van der Waals surface area (Å²) >= 11 is 6.61. The van der Waals surface area contributed by atoms with E-state index in [9.17, 15) is 0 Å². The number of fused-ring (bicyclic) bond motifs is 3. The second-order valence-electron chi connectivity index (χ2n) is 4.53. The van der Waals surface area contributed by atoms with Crippen LogP contribution in [-0.4, -0.2) is 25.6 Å². The van der Waals surface area contributed by atoms with Crippen LogP contribution in [0.2, 0.25) is 5.02 Å². The topological polar surface area (TPSA) is 64.5 Å². The molecule has 5 nitrogen and oxygen atoms in total. The number of hydrogen-bond acceptors (Lipinski definition) is 5. The molecule has 0 spiro atoms. The first kappa shape index (κ1) is 12.1. The fourth-order valence-electron chi connectivity index (χ4n) is 2.39. The Morgan fingerprint density at radius 3 is 2.43 bits per heavy atom. The first-order valence-corrected chi connectivity index (χ1v) is 6.71. The van der Waals surface area contributed by atoms with Gasteiger partial charge in [0.25, 0.3) is 0 Å². The number of halogens is 1. The molecule has 6 heteroatoms. The van der Waals surface area contributed by atoms with E-state index in [1.165, 1.54) is 0 Å². The predicted octanol–water partition coefficient (Wildman–Crippen LogP) is 3.29. The minimum Gasteiger partial charge on any atom is -0.158 e. The van der Waals surface area contributed by atoms with Crippen LogP contribution >= 0.6 is 11.6 Å². The van der Waals surface area contributed by atoms with Crippen molar-refractivity contribution in [3.05, 3.63) is 53.7 Å². The first-order chi connectivity index (χ1) is 10.4. The number of nitrogens with zero attached hydrogens (tertiary/aromatic N) is 5. The smallest absolute Gasteiger partial charge is 0.144 e. The van der Waals surface area contributed by atoms with Crippen LogP contribution in [0.25, 0.3) is 33.1 Å². The van der Waals surface area contributed by atoms with E-state index in [0.717, 1.165) is 16.5 Å². The Hall–Kier alpha value is -2.66. The molecular formula is C15H8ClN5. The summed E-state index contributed by atoms with van der Waals surface area (Å²) in [5.74, 6) is 0. The van der Waals surface area contributed by atoms with Crippen LogP contribution in [0.3, 0.4) is 0 Å². The molecule has 2 aromatic heterocycles. The lowest BCUT2D eigenvalue weighted by Gasteiger charge is -2.07. The van der Waals surface area contributed by atoms with Crippen molar-refractivity contribution in [2.75, 3.05) is 0 Å². The minimum atomic E-state index is 0.580. The lowest BCUT2D eigenvalue weighted by Crippen LogP contribution is -1.87. The molecule has 100 valence electrons. The minimum absolute atomic E-state index is 0.580. The Morgan fingerprint density at radius 1 is 0.762 bits per heavy atom. The quantitative estimate of drug-likeness (QED) is 0.539. The highest BCUT2D eigenvalue weighted by atomic mass is 35.5. The van der Waals surface area contributed by atoms with Gasteiger partial charge in [-0.05, 0) is 22.9 Å². The molecule has 0 aliphatic rings. The van der Waals surface area contributed by atoms with Crippen LogP contribution in [0.4, 0.5) is 0 Å². The highest BCUT2D eigenvalue weighted by Crippen LogP contribution is 2.38. The zero-order valence-electron chi connectivity index (χ0n) is 10.7. The second kappa shape index (κ2) is 4.71. The van der Waals surface area contributed by atoms with Crippen molar-refractivity contribution in [2.24, 2.45) is 0 Å². The molecular weight excluding hydrogens is 286 g/mol. The monoisotopic (exact) mass is 293 g/mol. The average molecular weight is 294 g/mol. The predicted molar refractivity (Wildman–Crippen MR) is 80.9 cm³/mol. The zero-order valence-corrected chi connectivity index (χ0v) is 11.5. The SMILES string of the molecule is Clc1c(-c2ccccc2)c2nnnc2c2nncccc12. The van der Waals surface area contributed by atoms with Crippen molar-refractivity contribution in [2.45, 2.75) is 0 Å². The molecule has 4 rings (SSSR count). The van der Waals surface area contributed by atoms with Crippen LogP contribution in [0.5, 0.6) is 0 Å². The van der Waals surface area contributed by atoms with Crippen molar-refractivity contribution >= 4 is 33.5 Å². The molecule has 0 atom stereocenters. The standard InChI is InChI=1S/C15H8ClN5/c16-12-10-7-4-8-17-18-13(10)15-14(19-21-20-15)11(12)9-5-2-1-3-6-9/h1-8H. The summed E-state index contributed by atoms with van der Waals surface area (Å²) in [4.78, 5) is 0. The number of rotatable bonds is 1. The van der Waals surface area contributed by atoms with Crippen LogP contribution < -0.4 is 0 Å². The highest BCUT2D eigenvalue weighted by Gasteiger charge is 2.18. The number of aromatic nitrogens is 5. The number of benzene rings is 2. The molecule has 2 aromatic carbocycles. The van der Waals surface area contributed by atoms with Gasteiger partial charge in [-0.2, -0.15) is 5.10 Å². The van der Waals surface area contributed by atoms with E-state index in [4.69, 9.17) is 11.6 Å². The average Bonchev–Trinajstić information content (AvgIpc) is 2.85. The third-order valence-corrected chi connectivity index (χ3v) is 3.71. The first-order valence-electron chi connectivity index (χ1n) is 6.33. The van der Waals surface area contributed by atoms with Gasteiger partial charge >= 0.3 is 0 Å². The van der Waals surface area contributed by atoms with Crippen molar-refractivity contribution in [3.63, 3.8) is 0 Å². The van der Waals surface area contributed by atoms with Gasteiger partial charge in [0.1, 0.15) is 16.6 Å². The van der Waals surface area contributed by atoms with Gasteiger partial charge in [0.15, 0.2) is 0 Å². The van der Waals surface area contributed by atoms with E-state index in [0.29, 0.717) is 21.6 Å². The summed E-state index contributed by atoms with van der Waals surface area (Å²) in [6.07, 6.45) is 1.61. The summed E-state index contributed by atoms with van der Waals surface area (Å²) in [6, 6.07) is 13.5. The van der Waals surface area contributed by atoms with Gasteiger partial charge in [0, 0.05) is 17.1 Å². The van der Waals surface area contributed by atoms with E-state index in [1.54, 1.807) is 12.3 Å². The van der Waals surface area contributed by atoms with E-state index in [1.807, 2.05) is 36.4 Å². The van der Waals surface area contributed by atoms with E-state index in [-0.39, 0.29) is 0 Å². The van der Waals surface area contributed by atoms with Crippen molar-refractivity contribution < 1.29 is 0 Å². The van der Waals surface area contributed by atoms with E-state index in [2.05, 4.69) is 25.6 Å². The van der Waals surface area contributed by atoms with Crippen molar-refractivity contribution in [1.82, 2.24) is 25.6 Å². The van der Waals surface area contributed by atoms with Gasteiger partial charge in [0.05, 0.1) is 5.02 Å². The summed E-state index contributed by atoms with van der Waals surface area (Å²) in [5, 5.41) is 21.4. The normalized spacial score (nSPS) is 11.1. The molecule has 0 saturated carbocycles. The fourth-order valence-corrected chi connectivity index (χ4v) is 2.75. The highest BCUT2D eigenvalue weighted by molar-refractivity contribution is 6.40. The molecule has 0 fully saturated rings. The molecule has 21 heavy (non-hydrogen) atoms. The Labute approximate surface area is 124 Å². The van der Waals surface area contributed by atoms with E-state index < -0.39 is 0 Å². The molecule has 4 aromatic rings. The maximum atomic E-state index is 6.61. The van der Waals surface area contributed by atoms with Crippen LogP contribution in [0.15, 0.2) is 48.7 Å². The van der Waals surface area contributed by atoms with Crippen LogP contribution in [-0.2, 0) is 0 Å². The van der Waals surface area contributed by atoms with E-state index >= 15 is 0 Å². The molecule has 0 unspecified atom stereocenters. The summed E-state index contributed by atoms with van der Waals surface area (Å²) in [6.45, 7) is 0. The Balaban J connectivity index is 2.25. The van der Waals surface area contributed by atoms with Crippen molar-refractivity contribution in [1.29, 1.82) is 0 Å². The Morgan fingerprint density at radius 2 is 1.57 bits per heavy atom. The maximum absolute atomic E-state index is 6.61. The van der Waals surface area contributed by atoms with Gasteiger partial charge in [0.2, 0.25) is 0 Å². The molecule has 0 N–H and O–H groups in total. The zero-order chi connectivity index (χ0) is 14.2. The molecule has 0 radical (unpaired) electrons. The molecule has 0 bridgehead atoms. The van der Waals surface area contributed by atoms with Gasteiger partial charge in [-0.25, -0.2) is 0 Å². The second-order valence-corrected chi connectivity index (χ2v) is 4.91. The van der Waals surface area contributed by atoms with Crippen molar-refractivity contribution in [3.8, 4) is 11.1 Å². The molecule has 0 amide bonds. The van der Waals surface area contributed by atoms with Crippen LogP contribution in [0, 0.1) is 0 Å². The Bertz CT molecular complexity index is 956. The maximum Gasteiger partial charge on any atom is 0.144 e. The molecule has 0 aliphatic carbocycles. The fraction of sp³-hybridized carbons (Fsp3) is 0. The third kappa shape index (κ3) is 1.82. The number of hydrogen-bond donors (Lipinski definition) is 0. The summed E-state index contributed by atoms with van der Waals surface area (Å²) in [5.41, 5.74) is 3.63. The van der Waals surface area contributed by atoms with Crippen LogP contribution in [0.1, 0.15) is 0 Å². The van der Waals surface area contributed by atoms with Gasteiger partial charge < -0.3 is 0 Å². The molecule has 0 saturated heterocycles. The lowest BCUT2D eigenvalue weighted by atomic mass is 10.0. The third-order valence-electron chi connectivity index (χ3n) is 3.32. The van der Waals surface area contributed by atoms with Gasteiger partial charge in [-0.1, -0.05) is 41.9 Å². The summed E-state index contributed by atoms with van der Waals surface area (Å²) in [7, 11) is 0. The van der Waals surface area contributed by atoms with Gasteiger partial charge in [-0.3, -0.25) is 0 Å². The lowest BCUT2D eigenvalue weighted by molar-refractivity contribution is 0.959.